The smallest absolute Gasteiger partial charge is 0.0828 e. The lowest BCUT2D eigenvalue weighted by Crippen LogP contribution is -2.35. The molecular weight excluding hydrogens is 236 g/mol. The van der Waals surface area contributed by atoms with Crippen LogP contribution < -0.4 is 11.1 Å². The molecule has 2 rings (SSSR count). The van der Waals surface area contributed by atoms with E-state index in [0.717, 1.165) is 22.5 Å². The minimum Gasteiger partial charge on any atom is -0.398 e. The van der Waals surface area contributed by atoms with Gasteiger partial charge in [0.1, 0.15) is 0 Å². The van der Waals surface area contributed by atoms with Gasteiger partial charge in [0.05, 0.1) is 12.1 Å². The number of benzene rings is 2. The summed E-state index contributed by atoms with van der Waals surface area (Å²) in [6.45, 7) is 3.95. The number of nitrogen functional groups attached to an aromatic ring is 1. The standard InChI is InChI=1S/C16H20N2O/c1-12-8-9-14(10-15(12)17)18-16(2,11-19)13-6-4-3-5-7-13/h3-10,18-19H,11,17H2,1-2H3. The van der Waals surface area contributed by atoms with E-state index in [-0.39, 0.29) is 6.61 Å². The third-order valence-corrected chi connectivity index (χ3v) is 3.43. The van der Waals surface area contributed by atoms with Crippen LogP contribution in [0.4, 0.5) is 11.4 Å². The number of hydrogen-bond acceptors (Lipinski definition) is 3. The van der Waals surface area contributed by atoms with Gasteiger partial charge in [0.25, 0.3) is 0 Å². The van der Waals surface area contributed by atoms with Crippen molar-refractivity contribution in [1.82, 2.24) is 0 Å². The van der Waals surface area contributed by atoms with Crippen LogP contribution in [0.3, 0.4) is 0 Å². The van der Waals surface area contributed by atoms with Crippen molar-refractivity contribution in [3.05, 3.63) is 59.7 Å². The maximum absolute atomic E-state index is 9.73. The van der Waals surface area contributed by atoms with Crippen molar-refractivity contribution in [2.45, 2.75) is 19.4 Å². The fraction of sp³-hybridized carbons (Fsp3) is 0.250. The number of nitrogens with one attached hydrogen (secondary N) is 1. The highest BCUT2D eigenvalue weighted by Crippen LogP contribution is 2.27. The van der Waals surface area contributed by atoms with Gasteiger partial charge in [0.2, 0.25) is 0 Å². The van der Waals surface area contributed by atoms with Crippen LogP contribution in [-0.2, 0) is 5.54 Å². The Morgan fingerprint density at radius 3 is 2.42 bits per heavy atom. The van der Waals surface area contributed by atoms with Gasteiger partial charge in [-0.05, 0) is 37.1 Å². The topological polar surface area (TPSA) is 58.3 Å². The molecule has 1 unspecified atom stereocenters. The number of aliphatic hydroxyl groups excluding tert-OH is 1. The summed E-state index contributed by atoms with van der Waals surface area (Å²) in [6, 6.07) is 15.7. The fourth-order valence-electron chi connectivity index (χ4n) is 2.05. The Balaban J connectivity index is 2.30. The number of anilines is 2. The van der Waals surface area contributed by atoms with Gasteiger partial charge >= 0.3 is 0 Å². The second kappa shape index (κ2) is 5.33. The van der Waals surface area contributed by atoms with Crippen molar-refractivity contribution in [2.75, 3.05) is 17.7 Å². The monoisotopic (exact) mass is 256 g/mol. The molecule has 0 aliphatic rings. The molecule has 0 aliphatic carbocycles. The van der Waals surface area contributed by atoms with Crippen LogP contribution >= 0.6 is 0 Å². The summed E-state index contributed by atoms with van der Waals surface area (Å²) in [5, 5.41) is 13.1. The minimum absolute atomic E-state index is 0.00476. The number of nitrogens with two attached hydrogens (primary N) is 1. The lowest BCUT2D eigenvalue weighted by molar-refractivity contribution is 0.224. The van der Waals surface area contributed by atoms with Gasteiger partial charge in [-0.3, -0.25) is 0 Å². The normalized spacial score (nSPS) is 13.8. The molecule has 0 aliphatic heterocycles. The predicted molar refractivity (Wildman–Crippen MR) is 80.1 cm³/mol. The molecule has 100 valence electrons. The quantitative estimate of drug-likeness (QED) is 0.737. The van der Waals surface area contributed by atoms with Crippen LogP contribution in [0, 0.1) is 6.92 Å². The van der Waals surface area contributed by atoms with Gasteiger partial charge in [-0.2, -0.15) is 0 Å². The molecule has 3 heteroatoms. The van der Waals surface area contributed by atoms with Crippen molar-refractivity contribution in [3.63, 3.8) is 0 Å². The van der Waals surface area contributed by atoms with Gasteiger partial charge in [0, 0.05) is 11.4 Å². The van der Waals surface area contributed by atoms with Crippen LogP contribution in [-0.4, -0.2) is 11.7 Å². The van der Waals surface area contributed by atoms with Crippen molar-refractivity contribution < 1.29 is 5.11 Å². The van der Waals surface area contributed by atoms with Crippen molar-refractivity contribution in [1.29, 1.82) is 0 Å². The minimum atomic E-state index is -0.525. The average molecular weight is 256 g/mol. The summed E-state index contributed by atoms with van der Waals surface area (Å²) in [5.74, 6) is 0. The molecular formula is C16H20N2O. The predicted octanol–water partition coefficient (Wildman–Crippen LogP) is 2.90. The Bertz CT molecular complexity index is 554. The molecule has 0 saturated carbocycles. The van der Waals surface area contributed by atoms with Crippen LogP contribution in [0.15, 0.2) is 48.5 Å². The van der Waals surface area contributed by atoms with Gasteiger partial charge in [-0.25, -0.2) is 0 Å². The second-order valence-corrected chi connectivity index (χ2v) is 5.05. The zero-order valence-electron chi connectivity index (χ0n) is 11.4. The summed E-state index contributed by atoms with van der Waals surface area (Å²) < 4.78 is 0. The number of hydrogen-bond donors (Lipinski definition) is 3. The van der Waals surface area contributed by atoms with E-state index < -0.39 is 5.54 Å². The third-order valence-electron chi connectivity index (χ3n) is 3.43. The van der Waals surface area contributed by atoms with Gasteiger partial charge < -0.3 is 16.2 Å². The Labute approximate surface area is 114 Å². The van der Waals surface area contributed by atoms with E-state index in [9.17, 15) is 5.11 Å². The van der Waals surface area contributed by atoms with Crippen LogP contribution in [0.2, 0.25) is 0 Å². The number of rotatable bonds is 4. The van der Waals surface area contributed by atoms with Gasteiger partial charge in [0.15, 0.2) is 0 Å². The molecule has 0 saturated heterocycles. The molecule has 4 N–H and O–H groups in total. The zero-order chi connectivity index (χ0) is 13.9. The molecule has 0 amide bonds. The van der Waals surface area contributed by atoms with Gasteiger partial charge in [-0.15, -0.1) is 0 Å². The number of aliphatic hydroxyl groups is 1. The first-order valence-electron chi connectivity index (χ1n) is 6.36. The molecule has 0 heterocycles. The SMILES string of the molecule is Cc1ccc(NC(C)(CO)c2ccccc2)cc1N. The van der Waals surface area contributed by atoms with E-state index in [2.05, 4.69) is 5.32 Å². The van der Waals surface area contributed by atoms with E-state index in [4.69, 9.17) is 5.73 Å². The molecule has 3 nitrogen and oxygen atoms in total. The van der Waals surface area contributed by atoms with E-state index in [0.29, 0.717) is 0 Å². The first-order chi connectivity index (χ1) is 9.05. The second-order valence-electron chi connectivity index (χ2n) is 5.05. The molecule has 0 aromatic heterocycles. The largest absolute Gasteiger partial charge is 0.398 e. The summed E-state index contributed by atoms with van der Waals surface area (Å²) in [7, 11) is 0. The third kappa shape index (κ3) is 2.88. The molecule has 2 aromatic carbocycles. The summed E-state index contributed by atoms with van der Waals surface area (Å²) in [4.78, 5) is 0. The molecule has 0 fully saturated rings. The Morgan fingerprint density at radius 1 is 1.16 bits per heavy atom. The maximum Gasteiger partial charge on any atom is 0.0828 e. The summed E-state index contributed by atoms with van der Waals surface area (Å²) in [5.41, 5.74) is 9.14. The molecule has 0 spiro atoms. The molecule has 0 radical (unpaired) electrons. The highest BCUT2D eigenvalue weighted by Gasteiger charge is 2.25. The molecule has 1 atom stereocenters. The van der Waals surface area contributed by atoms with Crippen LogP contribution in [0.1, 0.15) is 18.1 Å². The Morgan fingerprint density at radius 2 is 1.84 bits per heavy atom. The van der Waals surface area contributed by atoms with Crippen LogP contribution in [0.25, 0.3) is 0 Å². The summed E-state index contributed by atoms with van der Waals surface area (Å²) in [6.07, 6.45) is 0. The highest BCUT2D eigenvalue weighted by molar-refractivity contribution is 5.59. The summed E-state index contributed by atoms with van der Waals surface area (Å²) >= 11 is 0. The Hall–Kier alpha value is -2.00. The van der Waals surface area contributed by atoms with E-state index in [1.807, 2.05) is 62.4 Å². The molecule has 2 aromatic rings. The first-order valence-corrected chi connectivity index (χ1v) is 6.36. The zero-order valence-corrected chi connectivity index (χ0v) is 11.4. The molecule has 0 bridgehead atoms. The highest BCUT2D eigenvalue weighted by atomic mass is 16.3. The van der Waals surface area contributed by atoms with Crippen LogP contribution in [0.5, 0.6) is 0 Å². The fourth-order valence-corrected chi connectivity index (χ4v) is 2.05. The molecule has 19 heavy (non-hydrogen) atoms. The van der Waals surface area contributed by atoms with E-state index in [1.54, 1.807) is 0 Å². The lowest BCUT2D eigenvalue weighted by atomic mass is 9.92. The van der Waals surface area contributed by atoms with Gasteiger partial charge in [-0.1, -0.05) is 36.4 Å². The number of aryl methyl sites for hydroxylation is 1. The van der Waals surface area contributed by atoms with Crippen molar-refractivity contribution in [3.8, 4) is 0 Å². The van der Waals surface area contributed by atoms with E-state index >= 15 is 0 Å². The maximum atomic E-state index is 9.73. The van der Waals surface area contributed by atoms with E-state index in [1.165, 1.54) is 0 Å². The Kier molecular flexibility index (Phi) is 3.76. The lowest BCUT2D eigenvalue weighted by Gasteiger charge is -2.30. The van der Waals surface area contributed by atoms with Crippen molar-refractivity contribution in [2.24, 2.45) is 0 Å². The van der Waals surface area contributed by atoms with Crippen molar-refractivity contribution >= 4 is 11.4 Å². The first kappa shape index (κ1) is 13.4. The average Bonchev–Trinajstić information content (AvgIpc) is 2.44.